The van der Waals surface area contributed by atoms with Crippen LogP contribution in [0.3, 0.4) is 0 Å². The summed E-state index contributed by atoms with van der Waals surface area (Å²) in [6, 6.07) is 0. The molecule has 1 saturated carbocycles. The summed E-state index contributed by atoms with van der Waals surface area (Å²) >= 11 is 6.37. The van der Waals surface area contributed by atoms with Gasteiger partial charge >= 0.3 is 0 Å². The summed E-state index contributed by atoms with van der Waals surface area (Å²) < 4.78 is 12.4. The lowest BCUT2D eigenvalue weighted by Crippen LogP contribution is -2.32. The Bertz CT molecular complexity index is 561. The molecule has 1 aliphatic carbocycles. The van der Waals surface area contributed by atoms with Gasteiger partial charge in [-0.2, -0.15) is 4.68 Å². The summed E-state index contributed by atoms with van der Waals surface area (Å²) in [5.41, 5.74) is 0.528. The SMILES string of the molecule is COc1nn(C2CCCCO2)c(=O)c(Cl)c1C1CCCC1. The molecule has 1 aliphatic heterocycles. The molecule has 1 unspecified atom stereocenters. The van der Waals surface area contributed by atoms with E-state index in [4.69, 9.17) is 21.1 Å². The first-order valence-electron chi connectivity index (χ1n) is 7.70. The van der Waals surface area contributed by atoms with Crippen molar-refractivity contribution in [2.75, 3.05) is 13.7 Å². The van der Waals surface area contributed by atoms with Crippen molar-refractivity contribution in [1.29, 1.82) is 0 Å². The van der Waals surface area contributed by atoms with E-state index in [1.165, 1.54) is 17.5 Å². The number of hydrogen-bond donors (Lipinski definition) is 0. The van der Waals surface area contributed by atoms with E-state index in [0.717, 1.165) is 37.7 Å². The van der Waals surface area contributed by atoms with Gasteiger partial charge in [-0.15, -0.1) is 5.10 Å². The Morgan fingerprint density at radius 3 is 2.57 bits per heavy atom. The maximum absolute atomic E-state index is 12.5. The van der Waals surface area contributed by atoms with Crippen LogP contribution in [0.25, 0.3) is 0 Å². The number of aromatic nitrogens is 2. The summed E-state index contributed by atoms with van der Waals surface area (Å²) in [5.74, 6) is 0.759. The maximum Gasteiger partial charge on any atom is 0.288 e. The molecule has 2 heterocycles. The van der Waals surface area contributed by atoms with Crippen molar-refractivity contribution in [3.05, 3.63) is 20.9 Å². The third-order valence-corrected chi connectivity index (χ3v) is 4.81. The van der Waals surface area contributed by atoms with Gasteiger partial charge in [0.1, 0.15) is 5.02 Å². The highest BCUT2D eigenvalue weighted by atomic mass is 35.5. The van der Waals surface area contributed by atoms with E-state index in [1.54, 1.807) is 7.11 Å². The van der Waals surface area contributed by atoms with Gasteiger partial charge in [-0.1, -0.05) is 24.4 Å². The molecule has 1 aromatic heterocycles. The van der Waals surface area contributed by atoms with Crippen molar-refractivity contribution in [2.24, 2.45) is 0 Å². The molecule has 0 N–H and O–H groups in total. The second-order valence-electron chi connectivity index (χ2n) is 5.79. The number of ether oxygens (including phenoxy) is 2. The van der Waals surface area contributed by atoms with E-state index in [9.17, 15) is 4.79 Å². The lowest BCUT2D eigenvalue weighted by molar-refractivity contribution is -0.0433. The van der Waals surface area contributed by atoms with Crippen LogP contribution in [0.2, 0.25) is 5.02 Å². The highest BCUT2D eigenvalue weighted by Gasteiger charge is 2.29. The average Bonchev–Trinajstić information content (AvgIpc) is 3.04. The summed E-state index contributed by atoms with van der Waals surface area (Å²) in [6.07, 6.45) is 6.93. The molecule has 1 atom stereocenters. The number of hydrogen-bond acceptors (Lipinski definition) is 4. The summed E-state index contributed by atoms with van der Waals surface area (Å²) in [6.45, 7) is 0.656. The predicted molar refractivity (Wildman–Crippen MR) is 80.1 cm³/mol. The molecule has 2 aliphatic rings. The van der Waals surface area contributed by atoms with Crippen molar-refractivity contribution in [3.8, 4) is 5.88 Å². The van der Waals surface area contributed by atoms with Crippen molar-refractivity contribution in [2.45, 2.75) is 57.1 Å². The molecule has 0 radical (unpaired) electrons. The fourth-order valence-corrected chi connectivity index (χ4v) is 3.66. The normalized spacial score (nSPS) is 23.4. The van der Waals surface area contributed by atoms with E-state index in [0.29, 0.717) is 12.5 Å². The van der Waals surface area contributed by atoms with Crippen LogP contribution in [0.5, 0.6) is 5.88 Å². The van der Waals surface area contributed by atoms with Gasteiger partial charge in [-0.3, -0.25) is 4.79 Å². The van der Waals surface area contributed by atoms with Gasteiger partial charge in [0, 0.05) is 12.2 Å². The Labute approximate surface area is 129 Å². The average molecular weight is 313 g/mol. The molecule has 3 rings (SSSR count). The minimum Gasteiger partial charge on any atom is -0.480 e. The minimum atomic E-state index is -0.324. The Morgan fingerprint density at radius 1 is 1.24 bits per heavy atom. The van der Waals surface area contributed by atoms with E-state index >= 15 is 0 Å². The van der Waals surface area contributed by atoms with Crippen LogP contribution >= 0.6 is 11.6 Å². The smallest absolute Gasteiger partial charge is 0.288 e. The van der Waals surface area contributed by atoms with Crippen LogP contribution < -0.4 is 10.3 Å². The van der Waals surface area contributed by atoms with Gasteiger partial charge in [0.15, 0.2) is 6.23 Å². The molecule has 0 spiro atoms. The standard InChI is InChI=1S/C15H21ClN2O3/c1-20-14-12(10-6-2-3-7-10)13(16)15(19)18(17-14)11-8-4-5-9-21-11/h10-11H,2-9H2,1H3. The summed E-state index contributed by atoms with van der Waals surface area (Å²) in [5, 5.41) is 4.65. The van der Waals surface area contributed by atoms with Crippen LogP contribution in [-0.4, -0.2) is 23.5 Å². The highest BCUT2D eigenvalue weighted by Crippen LogP contribution is 2.40. The van der Waals surface area contributed by atoms with Crippen LogP contribution in [-0.2, 0) is 4.74 Å². The number of halogens is 1. The first kappa shape index (κ1) is 14.9. The van der Waals surface area contributed by atoms with Crippen molar-refractivity contribution < 1.29 is 9.47 Å². The number of nitrogens with zero attached hydrogens (tertiary/aromatic N) is 2. The maximum atomic E-state index is 12.5. The molecule has 116 valence electrons. The lowest BCUT2D eigenvalue weighted by atomic mass is 9.99. The highest BCUT2D eigenvalue weighted by molar-refractivity contribution is 6.31. The molecule has 0 aromatic carbocycles. The molecular formula is C15H21ClN2O3. The number of rotatable bonds is 3. The zero-order valence-corrected chi connectivity index (χ0v) is 13.1. The Kier molecular flexibility index (Phi) is 4.50. The molecule has 5 nitrogen and oxygen atoms in total. The minimum absolute atomic E-state index is 0.253. The van der Waals surface area contributed by atoms with Gasteiger partial charge in [-0.05, 0) is 38.0 Å². The second kappa shape index (κ2) is 6.36. The van der Waals surface area contributed by atoms with Crippen molar-refractivity contribution in [1.82, 2.24) is 9.78 Å². The zero-order valence-electron chi connectivity index (χ0n) is 12.3. The predicted octanol–water partition coefficient (Wildman–Crippen LogP) is 3.26. The largest absolute Gasteiger partial charge is 0.480 e. The zero-order chi connectivity index (χ0) is 14.8. The fourth-order valence-electron chi connectivity index (χ4n) is 3.34. The number of methoxy groups -OCH3 is 1. The molecule has 1 aromatic rings. The fraction of sp³-hybridized carbons (Fsp3) is 0.733. The molecule has 0 bridgehead atoms. The van der Waals surface area contributed by atoms with E-state index in [2.05, 4.69) is 5.10 Å². The monoisotopic (exact) mass is 312 g/mol. The van der Waals surface area contributed by atoms with Gasteiger partial charge in [0.2, 0.25) is 5.88 Å². The molecule has 0 amide bonds. The van der Waals surface area contributed by atoms with Gasteiger partial charge in [-0.25, -0.2) is 0 Å². The Hall–Kier alpha value is -1.07. The first-order chi connectivity index (χ1) is 10.2. The van der Waals surface area contributed by atoms with Crippen LogP contribution in [0.15, 0.2) is 4.79 Å². The second-order valence-corrected chi connectivity index (χ2v) is 6.17. The summed E-state index contributed by atoms with van der Waals surface area (Å²) in [7, 11) is 1.58. The van der Waals surface area contributed by atoms with Gasteiger partial charge in [0.05, 0.1) is 7.11 Å². The van der Waals surface area contributed by atoms with E-state index < -0.39 is 0 Å². The van der Waals surface area contributed by atoms with E-state index in [1.807, 2.05) is 0 Å². The Balaban J connectivity index is 2.03. The topological polar surface area (TPSA) is 53.4 Å². The molecular weight excluding hydrogens is 292 g/mol. The van der Waals surface area contributed by atoms with Crippen LogP contribution in [0.1, 0.15) is 62.7 Å². The quantitative estimate of drug-likeness (QED) is 0.859. The van der Waals surface area contributed by atoms with Crippen molar-refractivity contribution in [3.63, 3.8) is 0 Å². The molecule has 6 heteroatoms. The molecule has 2 fully saturated rings. The molecule has 1 saturated heterocycles. The molecule has 21 heavy (non-hydrogen) atoms. The van der Waals surface area contributed by atoms with Crippen LogP contribution in [0, 0.1) is 0 Å². The van der Waals surface area contributed by atoms with Crippen molar-refractivity contribution >= 4 is 11.6 Å². The lowest BCUT2D eigenvalue weighted by Gasteiger charge is -2.25. The van der Waals surface area contributed by atoms with Gasteiger partial charge in [0.25, 0.3) is 5.56 Å². The van der Waals surface area contributed by atoms with Gasteiger partial charge < -0.3 is 9.47 Å². The Morgan fingerprint density at radius 2 is 1.95 bits per heavy atom. The third-order valence-electron chi connectivity index (χ3n) is 4.45. The first-order valence-corrected chi connectivity index (χ1v) is 8.08. The third kappa shape index (κ3) is 2.81. The van der Waals surface area contributed by atoms with Crippen LogP contribution in [0.4, 0.5) is 0 Å². The summed E-state index contributed by atoms with van der Waals surface area (Å²) in [4.78, 5) is 12.5. The van der Waals surface area contributed by atoms with E-state index in [-0.39, 0.29) is 22.7 Å².